The van der Waals surface area contributed by atoms with E-state index in [0.29, 0.717) is 6.61 Å². The van der Waals surface area contributed by atoms with Crippen molar-refractivity contribution < 1.29 is 9.84 Å². The van der Waals surface area contributed by atoms with Crippen molar-refractivity contribution in [3.05, 3.63) is 11.9 Å². The molecule has 1 aliphatic rings. The lowest BCUT2D eigenvalue weighted by molar-refractivity contribution is 0.0158. The first-order valence-corrected chi connectivity index (χ1v) is 7.80. The lowest BCUT2D eigenvalue weighted by atomic mass is 10.1. The Bertz CT molecular complexity index is 434. The van der Waals surface area contributed by atoms with E-state index >= 15 is 0 Å². The fraction of sp³-hybridized carbons (Fsp3) is 0.733. The average molecular weight is 294 g/mol. The molecule has 0 atom stereocenters. The smallest absolute Gasteiger partial charge is 0.134 e. The van der Waals surface area contributed by atoms with Gasteiger partial charge in [0.05, 0.1) is 19.3 Å². The van der Waals surface area contributed by atoms with Gasteiger partial charge in [0.1, 0.15) is 17.5 Å². The topological polar surface area (TPSA) is 70.5 Å². The van der Waals surface area contributed by atoms with Crippen molar-refractivity contribution in [3.63, 3.8) is 0 Å². The number of ether oxygens (including phenoxy) is 1. The number of rotatable bonds is 7. The first-order valence-electron chi connectivity index (χ1n) is 7.80. The second kappa shape index (κ2) is 8.14. The van der Waals surface area contributed by atoms with Crippen LogP contribution in [0.5, 0.6) is 0 Å². The van der Waals surface area contributed by atoms with Gasteiger partial charge < -0.3 is 20.1 Å². The summed E-state index contributed by atoms with van der Waals surface area (Å²) in [6.45, 7) is 7.38. The van der Waals surface area contributed by atoms with Gasteiger partial charge >= 0.3 is 0 Å². The molecule has 0 bridgehead atoms. The summed E-state index contributed by atoms with van der Waals surface area (Å²) >= 11 is 0. The lowest BCUT2D eigenvalue weighted by Gasteiger charge is -2.32. The maximum Gasteiger partial charge on any atom is 0.134 e. The number of piperidine rings is 1. The van der Waals surface area contributed by atoms with Crippen LogP contribution in [0.2, 0.25) is 0 Å². The summed E-state index contributed by atoms with van der Waals surface area (Å²) in [5.41, 5.74) is 0. The molecule has 0 aromatic carbocycles. The number of aryl methyl sites for hydroxylation is 1. The van der Waals surface area contributed by atoms with Crippen LogP contribution in [-0.2, 0) is 4.74 Å². The lowest BCUT2D eigenvalue weighted by Crippen LogP contribution is -2.38. The van der Waals surface area contributed by atoms with Gasteiger partial charge in [0.25, 0.3) is 0 Å². The Morgan fingerprint density at radius 1 is 1.38 bits per heavy atom. The van der Waals surface area contributed by atoms with Crippen molar-refractivity contribution in [1.29, 1.82) is 0 Å². The molecule has 1 fully saturated rings. The van der Waals surface area contributed by atoms with Gasteiger partial charge in [0, 0.05) is 25.7 Å². The Balaban J connectivity index is 1.94. The monoisotopic (exact) mass is 294 g/mol. The molecule has 2 rings (SSSR count). The number of nitrogens with one attached hydrogen (secondary N) is 1. The van der Waals surface area contributed by atoms with Crippen molar-refractivity contribution in [3.8, 4) is 0 Å². The average Bonchev–Trinajstić information content (AvgIpc) is 2.51. The van der Waals surface area contributed by atoms with E-state index in [1.54, 1.807) is 0 Å². The summed E-state index contributed by atoms with van der Waals surface area (Å²) in [7, 11) is 0. The zero-order valence-corrected chi connectivity index (χ0v) is 13.0. The summed E-state index contributed by atoms with van der Waals surface area (Å²) < 4.78 is 5.60. The van der Waals surface area contributed by atoms with Crippen molar-refractivity contribution >= 4 is 11.6 Å². The molecule has 0 spiro atoms. The molecular formula is C15H26N4O2. The normalized spacial score (nSPS) is 16.2. The Morgan fingerprint density at radius 3 is 2.81 bits per heavy atom. The summed E-state index contributed by atoms with van der Waals surface area (Å²) in [5, 5.41) is 12.1. The van der Waals surface area contributed by atoms with E-state index in [1.807, 2.05) is 13.0 Å². The van der Waals surface area contributed by atoms with Gasteiger partial charge in [-0.25, -0.2) is 9.97 Å². The minimum absolute atomic E-state index is 0.0950. The molecule has 1 aliphatic heterocycles. The van der Waals surface area contributed by atoms with Gasteiger partial charge in [-0.15, -0.1) is 0 Å². The standard InChI is InChI=1S/C15H26N4O2/c1-3-6-16-14-11-15(18-12(2)17-14)19-7-4-13(5-8-19)21-10-9-20/h11,13,20H,3-10H2,1-2H3,(H,16,17,18). The van der Waals surface area contributed by atoms with Crippen LogP contribution >= 0.6 is 0 Å². The van der Waals surface area contributed by atoms with Crippen LogP contribution in [0.4, 0.5) is 11.6 Å². The van der Waals surface area contributed by atoms with E-state index in [1.165, 1.54) is 0 Å². The predicted octanol–water partition coefficient (Wildman–Crippen LogP) is 1.58. The molecule has 0 amide bonds. The highest BCUT2D eigenvalue weighted by molar-refractivity contribution is 5.49. The Labute approximate surface area is 126 Å². The van der Waals surface area contributed by atoms with Gasteiger partial charge in [0.15, 0.2) is 0 Å². The highest BCUT2D eigenvalue weighted by Crippen LogP contribution is 2.21. The number of nitrogens with zero attached hydrogens (tertiary/aromatic N) is 3. The fourth-order valence-electron chi connectivity index (χ4n) is 2.53. The number of aliphatic hydroxyl groups excluding tert-OH is 1. The van der Waals surface area contributed by atoms with Crippen molar-refractivity contribution in [2.45, 2.75) is 39.2 Å². The highest BCUT2D eigenvalue weighted by atomic mass is 16.5. The molecule has 0 saturated carbocycles. The number of hydrogen-bond acceptors (Lipinski definition) is 6. The summed E-state index contributed by atoms with van der Waals surface area (Å²) in [6.07, 6.45) is 3.28. The molecule has 21 heavy (non-hydrogen) atoms. The van der Waals surface area contributed by atoms with E-state index in [-0.39, 0.29) is 12.7 Å². The Kier molecular flexibility index (Phi) is 6.20. The number of hydrogen-bond donors (Lipinski definition) is 2. The summed E-state index contributed by atoms with van der Waals surface area (Å²) in [5.74, 6) is 2.68. The van der Waals surface area contributed by atoms with E-state index in [0.717, 1.165) is 56.4 Å². The third-order valence-corrected chi connectivity index (χ3v) is 3.59. The van der Waals surface area contributed by atoms with Gasteiger partial charge in [-0.05, 0) is 26.2 Å². The van der Waals surface area contributed by atoms with E-state index < -0.39 is 0 Å². The van der Waals surface area contributed by atoms with E-state index in [2.05, 4.69) is 27.1 Å². The zero-order chi connectivity index (χ0) is 15.1. The molecule has 0 aliphatic carbocycles. The molecule has 118 valence electrons. The molecule has 2 N–H and O–H groups in total. The molecule has 6 nitrogen and oxygen atoms in total. The molecule has 1 aromatic rings. The van der Waals surface area contributed by atoms with Crippen LogP contribution in [0.25, 0.3) is 0 Å². The Hall–Kier alpha value is -1.40. The second-order valence-corrected chi connectivity index (χ2v) is 5.37. The third-order valence-electron chi connectivity index (χ3n) is 3.59. The molecule has 2 heterocycles. The minimum atomic E-state index is 0.0950. The maximum absolute atomic E-state index is 8.80. The third kappa shape index (κ3) is 4.82. The van der Waals surface area contributed by atoms with Gasteiger partial charge in [-0.1, -0.05) is 6.92 Å². The van der Waals surface area contributed by atoms with Crippen LogP contribution < -0.4 is 10.2 Å². The summed E-state index contributed by atoms with van der Waals surface area (Å²) in [4.78, 5) is 11.2. The van der Waals surface area contributed by atoms with Crippen LogP contribution in [0.15, 0.2) is 6.07 Å². The summed E-state index contributed by atoms with van der Waals surface area (Å²) in [6, 6.07) is 2.03. The van der Waals surface area contributed by atoms with E-state index in [9.17, 15) is 0 Å². The fourth-order valence-corrected chi connectivity index (χ4v) is 2.53. The van der Waals surface area contributed by atoms with E-state index in [4.69, 9.17) is 9.84 Å². The molecular weight excluding hydrogens is 268 g/mol. The second-order valence-electron chi connectivity index (χ2n) is 5.37. The molecule has 1 aromatic heterocycles. The molecule has 0 radical (unpaired) electrons. The first kappa shape index (κ1) is 16.0. The van der Waals surface area contributed by atoms with Crippen LogP contribution in [-0.4, -0.2) is 54.0 Å². The number of anilines is 2. The van der Waals surface area contributed by atoms with Gasteiger partial charge in [-0.2, -0.15) is 0 Å². The van der Waals surface area contributed by atoms with Crippen LogP contribution in [0, 0.1) is 6.92 Å². The SMILES string of the molecule is CCCNc1cc(N2CCC(OCCO)CC2)nc(C)n1. The quantitative estimate of drug-likeness (QED) is 0.796. The zero-order valence-electron chi connectivity index (χ0n) is 13.0. The highest BCUT2D eigenvalue weighted by Gasteiger charge is 2.21. The molecule has 1 saturated heterocycles. The largest absolute Gasteiger partial charge is 0.394 e. The maximum atomic E-state index is 8.80. The number of aliphatic hydroxyl groups is 1. The minimum Gasteiger partial charge on any atom is -0.394 e. The number of aromatic nitrogens is 2. The first-order chi connectivity index (χ1) is 10.2. The predicted molar refractivity (Wildman–Crippen MR) is 83.8 cm³/mol. The molecule has 0 unspecified atom stereocenters. The van der Waals surface area contributed by atoms with Gasteiger partial charge in [0.2, 0.25) is 0 Å². The Morgan fingerprint density at radius 2 is 2.14 bits per heavy atom. The van der Waals surface area contributed by atoms with Crippen molar-refractivity contribution in [2.75, 3.05) is 43.1 Å². The molecule has 6 heteroatoms. The van der Waals surface area contributed by atoms with Crippen molar-refractivity contribution in [2.24, 2.45) is 0 Å². The van der Waals surface area contributed by atoms with Crippen LogP contribution in [0.3, 0.4) is 0 Å². The van der Waals surface area contributed by atoms with Crippen LogP contribution in [0.1, 0.15) is 32.0 Å². The van der Waals surface area contributed by atoms with Gasteiger partial charge in [-0.3, -0.25) is 0 Å². The van der Waals surface area contributed by atoms with Crippen molar-refractivity contribution in [1.82, 2.24) is 9.97 Å².